The Balaban J connectivity index is 2.50. The van der Waals surface area contributed by atoms with Crippen LogP contribution < -0.4 is 0 Å². The van der Waals surface area contributed by atoms with Crippen LogP contribution in [0.5, 0.6) is 0 Å². The maximum atomic E-state index is 12.9. The van der Waals surface area contributed by atoms with Crippen LogP contribution in [-0.4, -0.2) is 51.9 Å². The quantitative estimate of drug-likeness (QED) is 0.158. The molecule has 16 heteroatoms. The second-order valence-corrected chi connectivity index (χ2v) is 14.1. The lowest BCUT2D eigenvalue weighted by Gasteiger charge is -2.22. The third kappa shape index (κ3) is 6.35. The van der Waals surface area contributed by atoms with Gasteiger partial charge >= 0.3 is 0 Å². The maximum absolute atomic E-state index is 12.9. The van der Waals surface area contributed by atoms with Crippen molar-refractivity contribution in [1.82, 2.24) is 0 Å². The number of hydrogen-bond acceptors (Lipinski definition) is 8. The van der Waals surface area contributed by atoms with E-state index in [-0.39, 0.29) is 22.8 Å². The molecule has 0 atom stereocenters. The smallest absolute Gasteiger partial charge is 0.282 e. The van der Waals surface area contributed by atoms with Gasteiger partial charge in [0, 0.05) is 5.56 Å². The highest BCUT2D eigenvalue weighted by molar-refractivity contribution is 7.91. The molecule has 0 amide bonds. The minimum absolute atomic E-state index is 0.104. The van der Waals surface area contributed by atoms with E-state index in [0.717, 1.165) is 0 Å². The van der Waals surface area contributed by atoms with Crippen molar-refractivity contribution in [2.75, 3.05) is 0 Å². The fourth-order valence-corrected chi connectivity index (χ4v) is 9.16. The van der Waals surface area contributed by atoms with Gasteiger partial charge in [0.1, 0.15) is 19.6 Å². The van der Waals surface area contributed by atoms with E-state index in [2.05, 4.69) is 0 Å². The summed E-state index contributed by atoms with van der Waals surface area (Å²) in [6.45, 7) is 0. The fraction of sp³-hybridized carbons (Fsp3) is 0. The Hall–Kier alpha value is -3.74. The molecule has 0 radical (unpaired) electrons. The lowest BCUT2D eigenvalue weighted by Crippen LogP contribution is -2.20. The Bertz CT molecular complexity index is 2100. The first-order valence-corrected chi connectivity index (χ1v) is 17.2. The lowest BCUT2D eigenvalue weighted by molar-refractivity contribution is 0.446. The van der Waals surface area contributed by atoms with Crippen LogP contribution in [0.15, 0.2) is 117 Å². The minimum atomic E-state index is -6.08. The van der Waals surface area contributed by atoms with E-state index >= 15 is 0 Å². The van der Waals surface area contributed by atoms with Crippen LogP contribution >= 0.6 is 0 Å². The standard InChI is InChI=1S/C26H20O12S4/c27-39(28,29)21-16-20(24(40(30,31)32)26(42(36,37)38)25(21)41(33,34)35)23(19-14-8-3-9-15-19)22(17-10-4-1-5-11-17)18-12-6-2-7-13-18/h1-16H,(H,27,28,29)(H,30,31,32)(H,33,34,35)(H,36,37,38). The van der Waals surface area contributed by atoms with E-state index < -0.39 is 65.6 Å². The molecule has 0 spiro atoms. The van der Waals surface area contributed by atoms with Gasteiger partial charge in [0.25, 0.3) is 40.5 Å². The highest BCUT2D eigenvalue weighted by atomic mass is 32.2. The molecular weight excluding hydrogens is 633 g/mol. The van der Waals surface area contributed by atoms with Crippen LogP contribution in [-0.2, 0) is 40.5 Å². The summed E-state index contributed by atoms with van der Waals surface area (Å²) in [4.78, 5) is -7.93. The molecule has 4 N–H and O–H groups in total. The van der Waals surface area contributed by atoms with E-state index in [1.54, 1.807) is 66.7 Å². The van der Waals surface area contributed by atoms with Gasteiger partial charge in [-0.05, 0) is 33.9 Å². The summed E-state index contributed by atoms with van der Waals surface area (Å²) in [5.41, 5.74) is -0.243. The van der Waals surface area contributed by atoms with Crippen molar-refractivity contribution in [3.63, 3.8) is 0 Å². The molecule has 12 nitrogen and oxygen atoms in total. The van der Waals surface area contributed by atoms with E-state index in [1.807, 2.05) is 0 Å². The zero-order valence-electron chi connectivity index (χ0n) is 20.9. The molecule has 0 saturated carbocycles. The van der Waals surface area contributed by atoms with Gasteiger partial charge in [-0.15, -0.1) is 0 Å². The van der Waals surface area contributed by atoms with Crippen molar-refractivity contribution in [3.05, 3.63) is 119 Å². The monoisotopic (exact) mass is 652 g/mol. The normalized spacial score (nSPS) is 12.6. The minimum Gasteiger partial charge on any atom is -0.282 e. The zero-order chi connectivity index (χ0) is 31.1. The molecule has 0 unspecified atom stereocenters. The third-order valence-electron chi connectivity index (χ3n) is 5.91. The summed E-state index contributed by atoms with van der Waals surface area (Å²) in [6.07, 6.45) is 0. The molecule has 42 heavy (non-hydrogen) atoms. The summed E-state index contributed by atoms with van der Waals surface area (Å²) in [6, 6.07) is 23.8. The largest absolute Gasteiger partial charge is 0.297 e. The molecule has 0 aliphatic rings. The molecule has 0 aliphatic carbocycles. The van der Waals surface area contributed by atoms with Crippen LogP contribution in [0.3, 0.4) is 0 Å². The molecule has 220 valence electrons. The molecule has 0 fully saturated rings. The molecule has 4 aromatic carbocycles. The van der Waals surface area contributed by atoms with Crippen molar-refractivity contribution in [1.29, 1.82) is 0 Å². The molecule has 0 saturated heterocycles. The van der Waals surface area contributed by atoms with E-state index in [9.17, 15) is 51.9 Å². The Morgan fingerprint density at radius 3 is 1.05 bits per heavy atom. The maximum Gasteiger partial charge on any atom is 0.297 e. The van der Waals surface area contributed by atoms with Gasteiger partial charge in [0.15, 0.2) is 0 Å². The topological polar surface area (TPSA) is 217 Å². The van der Waals surface area contributed by atoms with Crippen molar-refractivity contribution in [2.24, 2.45) is 0 Å². The molecular formula is C26H20O12S4. The van der Waals surface area contributed by atoms with Gasteiger partial charge in [-0.2, -0.15) is 33.7 Å². The second-order valence-electron chi connectivity index (χ2n) is 8.66. The van der Waals surface area contributed by atoms with E-state index in [4.69, 9.17) is 0 Å². The van der Waals surface area contributed by atoms with Crippen LogP contribution in [0.4, 0.5) is 0 Å². The Labute approximate surface area is 241 Å². The summed E-state index contributed by atoms with van der Waals surface area (Å²) >= 11 is 0. The average molecular weight is 653 g/mol. The van der Waals surface area contributed by atoms with Crippen LogP contribution in [0.25, 0.3) is 11.1 Å². The predicted octanol–water partition coefficient (Wildman–Crippen LogP) is 3.68. The molecule has 0 heterocycles. The van der Waals surface area contributed by atoms with Crippen LogP contribution in [0, 0.1) is 0 Å². The Morgan fingerprint density at radius 1 is 0.405 bits per heavy atom. The summed E-state index contributed by atoms with van der Waals surface area (Å²) in [5.74, 6) is 0. The lowest BCUT2D eigenvalue weighted by atomic mass is 9.86. The zero-order valence-corrected chi connectivity index (χ0v) is 24.2. The number of hydrogen-bond donors (Lipinski definition) is 4. The van der Waals surface area contributed by atoms with Gasteiger partial charge in [-0.3, -0.25) is 18.2 Å². The predicted molar refractivity (Wildman–Crippen MR) is 150 cm³/mol. The highest BCUT2D eigenvalue weighted by Crippen LogP contribution is 2.44. The Morgan fingerprint density at radius 2 is 0.738 bits per heavy atom. The van der Waals surface area contributed by atoms with Crippen molar-refractivity contribution < 1.29 is 51.9 Å². The fourth-order valence-electron chi connectivity index (χ4n) is 4.42. The molecule has 0 aromatic heterocycles. The van der Waals surface area contributed by atoms with Gasteiger partial charge < -0.3 is 0 Å². The third-order valence-corrected chi connectivity index (χ3v) is 9.98. The number of rotatable bonds is 8. The summed E-state index contributed by atoms with van der Waals surface area (Å²) in [7, 11) is -23.7. The molecule has 4 rings (SSSR count). The first-order chi connectivity index (χ1) is 19.4. The second kappa shape index (κ2) is 11.2. The van der Waals surface area contributed by atoms with Gasteiger partial charge in [0.05, 0.1) is 0 Å². The first kappa shape index (κ1) is 31.2. The highest BCUT2D eigenvalue weighted by Gasteiger charge is 2.41. The van der Waals surface area contributed by atoms with E-state index in [0.29, 0.717) is 11.1 Å². The van der Waals surface area contributed by atoms with Crippen molar-refractivity contribution in [2.45, 2.75) is 19.6 Å². The average Bonchev–Trinajstić information content (AvgIpc) is 2.90. The summed E-state index contributed by atoms with van der Waals surface area (Å²) in [5, 5.41) is 0. The van der Waals surface area contributed by atoms with Gasteiger partial charge in [-0.1, -0.05) is 91.0 Å². The Kier molecular flexibility index (Phi) is 8.29. The van der Waals surface area contributed by atoms with E-state index in [1.165, 1.54) is 24.3 Å². The van der Waals surface area contributed by atoms with Crippen molar-refractivity contribution in [3.8, 4) is 0 Å². The van der Waals surface area contributed by atoms with Crippen LogP contribution in [0.1, 0.15) is 22.3 Å². The number of benzene rings is 4. The van der Waals surface area contributed by atoms with Crippen molar-refractivity contribution >= 4 is 51.6 Å². The molecule has 4 aromatic rings. The SMILES string of the molecule is O=S(=O)(O)c1cc(C(=C(c2ccccc2)c2ccccc2)c2ccccc2)c(S(=O)(=O)O)c(S(=O)(=O)O)c1S(=O)(=O)O. The van der Waals surface area contributed by atoms with Crippen LogP contribution in [0.2, 0.25) is 0 Å². The summed E-state index contributed by atoms with van der Waals surface area (Å²) < 4.78 is 140. The molecule has 0 aliphatic heterocycles. The van der Waals surface area contributed by atoms with Gasteiger partial charge in [0.2, 0.25) is 0 Å². The van der Waals surface area contributed by atoms with Gasteiger partial charge in [-0.25, -0.2) is 0 Å². The first-order valence-electron chi connectivity index (χ1n) is 11.4. The molecule has 0 bridgehead atoms.